The highest BCUT2D eigenvalue weighted by molar-refractivity contribution is 5.61. The molecule has 0 aromatic heterocycles. The molecule has 3 atom stereocenters. The molecule has 1 aliphatic carbocycles. The van der Waals surface area contributed by atoms with E-state index in [-0.39, 0.29) is 11.9 Å². The molecule has 3 heteroatoms. The Morgan fingerprint density at radius 3 is 2.91 bits per heavy atom. The largest absolute Gasteiger partial charge is 0.497 e. The van der Waals surface area contributed by atoms with Crippen LogP contribution < -0.4 is 10.1 Å². The molecular weight excluding hydrogens is 277 g/mol. The van der Waals surface area contributed by atoms with Crippen molar-refractivity contribution in [3.05, 3.63) is 71.6 Å². The van der Waals surface area contributed by atoms with Gasteiger partial charge < -0.3 is 10.1 Å². The average molecular weight is 295 g/mol. The standard InChI is InChI=1S/C19H18FNO/c1-22-14-8-9-18-17(11-14)15-6-3-7-16(15)19(21-18)12-4-2-5-13(20)10-12/h2-6,8-11,15-16,19,21H,7H2,1H3/t15-,16-,19+/m1/s1. The highest BCUT2D eigenvalue weighted by Crippen LogP contribution is 2.50. The Labute approximate surface area is 129 Å². The second-order valence-corrected chi connectivity index (χ2v) is 5.98. The zero-order valence-electron chi connectivity index (χ0n) is 12.4. The smallest absolute Gasteiger partial charge is 0.123 e. The van der Waals surface area contributed by atoms with Crippen LogP contribution in [0, 0.1) is 11.7 Å². The van der Waals surface area contributed by atoms with Crippen molar-refractivity contribution in [2.75, 3.05) is 12.4 Å². The lowest BCUT2D eigenvalue weighted by Crippen LogP contribution is -2.29. The number of rotatable bonds is 2. The van der Waals surface area contributed by atoms with Gasteiger partial charge in [0.05, 0.1) is 13.2 Å². The second kappa shape index (κ2) is 5.16. The van der Waals surface area contributed by atoms with Gasteiger partial charge in [0.1, 0.15) is 11.6 Å². The summed E-state index contributed by atoms with van der Waals surface area (Å²) >= 11 is 0. The SMILES string of the molecule is COc1ccc2c(c1)[C@@H]1C=CC[C@H]1[C@H](c1cccc(F)c1)N2. The molecule has 2 aliphatic rings. The summed E-state index contributed by atoms with van der Waals surface area (Å²) < 4.78 is 19.0. The number of allylic oxidation sites excluding steroid dienone is 2. The van der Waals surface area contributed by atoms with Gasteiger partial charge in [0.25, 0.3) is 0 Å². The van der Waals surface area contributed by atoms with E-state index in [1.807, 2.05) is 12.1 Å². The van der Waals surface area contributed by atoms with Crippen molar-refractivity contribution in [3.8, 4) is 5.75 Å². The summed E-state index contributed by atoms with van der Waals surface area (Å²) in [7, 11) is 1.69. The van der Waals surface area contributed by atoms with Gasteiger partial charge in [-0.3, -0.25) is 0 Å². The minimum absolute atomic E-state index is 0.136. The summed E-state index contributed by atoms with van der Waals surface area (Å²) in [6.45, 7) is 0. The van der Waals surface area contributed by atoms with Crippen molar-refractivity contribution in [2.24, 2.45) is 5.92 Å². The first-order valence-corrected chi connectivity index (χ1v) is 7.63. The molecule has 0 fully saturated rings. The van der Waals surface area contributed by atoms with Crippen LogP contribution in [-0.4, -0.2) is 7.11 Å². The molecule has 1 heterocycles. The molecule has 0 radical (unpaired) electrons. The van der Waals surface area contributed by atoms with Crippen LogP contribution in [0.5, 0.6) is 5.75 Å². The second-order valence-electron chi connectivity index (χ2n) is 5.98. The Kier molecular flexibility index (Phi) is 3.14. The number of anilines is 1. The third-order valence-electron chi connectivity index (χ3n) is 4.78. The number of ether oxygens (including phenoxy) is 1. The molecule has 1 N–H and O–H groups in total. The zero-order valence-corrected chi connectivity index (χ0v) is 12.4. The van der Waals surface area contributed by atoms with Crippen LogP contribution in [0.2, 0.25) is 0 Å². The molecule has 2 nitrogen and oxygen atoms in total. The number of methoxy groups -OCH3 is 1. The number of nitrogens with one attached hydrogen (secondary N) is 1. The molecular formula is C19H18FNO. The highest BCUT2D eigenvalue weighted by atomic mass is 19.1. The van der Waals surface area contributed by atoms with E-state index in [1.165, 1.54) is 11.6 Å². The van der Waals surface area contributed by atoms with Crippen molar-refractivity contribution in [1.29, 1.82) is 0 Å². The summed E-state index contributed by atoms with van der Waals surface area (Å²) in [5.41, 5.74) is 3.40. The number of hydrogen-bond acceptors (Lipinski definition) is 2. The van der Waals surface area contributed by atoms with Crippen LogP contribution in [-0.2, 0) is 0 Å². The molecule has 1 aliphatic heterocycles. The summed E-state index contributed by atoms with van der Waals surface area (Å²) in [6, 6.07) is 13.2. The minimum atomic E-state index is -0.178. The molecule has 0 amide bonds. The maximum atomic E-state index is 13.6. The maximum absolute atomic E-state index is 13.6. The quantitative estimate of drug-likeness (QED) is 0.814. The third kappa shape index (κ3) is 2.08. The lowest BCUT2D eigenvalue weighted by molar-refractivity contribution is 0.405. The van der Waals surface area contributed by atoms with Crippen LogP contribution in [0.25, 0.3) is 0 Å². The van der Waals surface area contributed by atoms with Crippen LogP contribution in [0.15, 0.2) is 54.6 Å². The molecule has 2 aromatic rings. The van der Waals surface area contributed by atoms with Gasteiger partial charge in [-0.1, -0.05) is 24.3 Å². The monoisotopic (exact) mass is 295 g/mol. The Hall–Kier alpha value is -2.29. The predicted molar refractivity (Wildman–Crippen MR) is 85.7 cm³/mol. The lowest BCUT2D eigenvalue weighted by Gasteiger charge is -2.37. The Balaban J connectivity index is 1.78. The Morgan fingerprint density at radius 2 is 2.09 bits per heavy atom. The molecule has 0 saturated heterocycles. The first-order valence-electron chi connectivity index (χ1n) is 7.63. The minimum Gasteiger partial charge on any atom is -0.497 e. The van der Waals surface area contributed by atoms with Crippen molar-refractivity contribution in [1.82, 2.24) is 0 Å². The van der Waals surface area contributed by atoms with E-state index in [4.69, 9.17) is 4.74 Å². The van der Waals surface area contributed by atoms with E-state index in [9.17, 15) is 4.39 Å². The van der Waals surface area contributed by atoms with E-state index in [1.54, 1.807) is 19.2 Å². The lowest BCUT2D eigenvalue weighted by atomic mass is 9.77. The maximum Gasteiger partial charge on any atom is 0.123 e. The first-order chi connectivity index (χ1) is 10.8. The van der Waals surface area contributed by atoms with E-state index >= 15 is 0 Å². The molecule has 2 aromatic carbocycles. The van der Waals surface area contributed by atoms with E-state index in [2.05, 4.69) is 29.6 Å². The molecule has 112 valence electrons. The fourth-order valence-electron chi connectivity index (χ4n) is 3.73. The molecule has 22 heavy (non-hydrogen) atoms. The number of hydrogen-bond donors (Lipinski definition) is 1. The normalized spacial score (nSPS) is 25.3. The van der Waals surface area contributed by atoms with Gasteiger partial charge in [-0.25, -0.2) is 4.39 Å². The van der Waals surface area contributed by atoms with E-state index in [0.29, 0.717) is 11.8 Å². The molecule has 0 unspecified atom stereocenters. The third-order valence-corrected chi connectivity index (χ3v) is 4.78. The number of fused-ring (bicyclic) bond motifs is 3. The van der Waals surface area contributed by atoms with Crippen molar-refractivity contribution in [3.63, 3.8) is 0 Å². The topological polar surface area (TPSA) is 21.3 Å². The number of benzene rings is 2. The first kappa shape index (κ1) is 13.4. The summed E-state index contributed by atoms with van der Waals surface area (Å²) in [5.74, 6) is 1.48. The van der Waals surface area contributed by atoms with Crippen LogP contribution in [0.4, 0.5) is 10.1 Å². The van der Waals surface area contributed by atoms with Gasteiger partial charge in [-0.15, -0.1) is 0 Å². The zero-order chi connectivity index (χ0) is 15.1. The van der Waals surface area contributed by atoms with E-state index < -0.39 is 0 Å². The summed E-state index contributed by atoms with van der Waals surface area (Å²) in [5, 5.41) is 3.60. The fraction of sp³-hybridized carbons (Fsp3) is 0.263. The molecule has 4 rings (SSSR count). The molecule has 0 spiro atoms. The summed E-state index contributed by atoms with van der Waals surface area (Å²) in [6.07, 6.45) is 5.52. The van der Waals surface area contributed by atoms with Crippen LogP contribution >= 0.6 is 0 Å². The van der Waals surface area contributed by atoms with Crippen molar-refractivity contribution >= 4 is 5.69 Å². The van der Waals surface area contributed by atoms with Gasteiger partial charge in [0.15, 0.2) is 0 Å². The highest BCUT2D eigenvalue weighted by Gasteiger charge is 2.38. The van der Waals surface area contributed by atoms with Gasteiger partial charge in [0.2, 0.25) is 0 Å². The fourth-order valence-corrected chi connectivity index (χ4v) is 3.73. The van der Waals surface area contributed by atoms with Crippen molar-refractivity contribution in [2.45, 2.75) is 18.4 Å². The van der Waals surface area contributed by atoms with Gasteiger partial charge in [-0.2, -0.15) is 0 Å². The molecule has 0 saturated carbocycles. The average Bonchev–Trinajstić information content (AvgIpc) is 3.03. The van der Waals surface area contributed by atoms with Gasteiger partial charge >= 0.3 is 0 Å². The van der Waals surface area contributed by atoms with E-state index in [0.717, 1.165) is 23.4 Å². The van der Waals surface area contributed by atoms with Crippen LogP contribution in [0.1, 0.15) is 29.5 Å². The number of halogens is 1. The van der Waals surface area contributed by atoms with Gasteiger partial charge in [-0.05, 0) is 53.8 Å². The predicted octanol–water partition coefficient (Wildman–Crippen LogP) is 4.66. The summed E-state index contributed by atoms with van der Waals surface area (Å²) in [4.78, 5) is 0. The van der Waals surface area contributed by atoms with Crippen molar-refractivity contribution < 1.29 is 9.13 Å². The molecule has 0 bridgehead atoms. The van der Waals surface area contributed by atoms with Crippen LogP contribution in [0.3, 0.4) is 0 Å². The van der Waals surface area contributed by atoms with Gasteiger partial charge in [0, 0.05) is 11.6 Å². The Morgan fingerprint density at radius 1 is 1.18 bits per heavy atom. The Bertz CT molecular complexity index is 740.